The van der Waals surface area contributed by atoms with Crippen LogP contribution >= 0.6 is 0 Å². The Morgan fingerprint density at radius 3 is 2.50 bits per heavy atom. The van der Waals surface area contributed by atoms with Gasteiger partial charge in [0.05, 0.1) is 26.4 Å². The Hall–Kier alpha value is -3.22. The number of benzene rings is 2. The van der Waals surface area contributed by atoms with Crippen LogP contribution in [0.25, 0.3) is 16.6 Å². The highest BCUT2D eigenvalue weighted by molar-refractivity contribution is 5.84. The molecule has 6 heteroatoms. The van der Waals surface area contributed by atoms with Gasteiger partial charge in [-0.15, -0.1) is 0 Å². The summed E-state index contributed by atoms with van der Waals surface area (Å²) in [6.45, 7) is 3.56. The molecule has 0 atom stereocenters. The molecule has 0 radical (unpaired) electrons. The predicted octanol–water partition coefficient (Wildman–Crippen LogP) is 3.43. The quantitative estimate of drug-likeness (QED) is 0.284. The lowest BCUT2D eigenvalue weighted by Crippen LogP contribution is -2.33. The maximum Gasteiger partial charge on any atom is 0.249 e. The number of fused-ring (bicyclic) bond motifs is 1. The minimum Gasteiger partial charge on any atom is -0.489 e. The second kappa shape index (κ2) is 10.5. The first-order chi connectivity index (χ1) is 14.9. The van der Waals surface area contributed by atoms with Crippen molar-refractivity contribution in [2.75, 3.05) is 33.0 Å². The summed E-state index contributed by atoms with van der Waals surface area (Å²) < 4.78 is 21.3. The molecule has 4 rings (SSSR count). The summed E-state index contributed by atoms with van der Waals surface area (Å²) >= 11 is 0. The van der Waals surface area contributed by atoms with Crippen molar-refractivity contribution in [1.29, 1.82) is 0 Å². The average molecular weight is 404 g/mol. The molecule has 0 aliphatic heterocycles. The summed E-state index contributed by atoms with van der Waals surface area (Å²) in [6.07, 6.45) is 7.93. The third-order valence-corrected chi connectivity index (χ3v) is 4.69. The minimum atomic E-state index is 0.485. The number of nitrogens with zero attached hydrogens (tertiary/aromatic N) is 3. The second-order valence-electron chi connectivity index (χ2n) is 6.80. The van der Waals surface area contributed by atoms with Crippen molar-refractivity contribution in [2.45, 2.75) is 6.54 Å². The van der Waals surface area contributed by atoms with Crippen molar-refractivity contribution in [2.24, 2.45) is 0 Å². The van der Waals surface area contributed by atoms with Gasteiger partial charge in [-0.3, -0.25) is 4.98 Å². The molecule has 2 aromatic heterocycles. The van der Waals surface area contributed by atoms with Crippen LogP contribution in [-0.4, -0.2) is 42.6 Å². The van der Waals surface area contributed by atoms with Crippen LogP contribution in [0.4, 0.5) is 0 Å². The van der Waals surface area contributed by atoms with Gasteiger partial charge in [0.15, 0.2) is 0 Å². The third-order valence-electron chi connectivity index (χ3n) is 4.69. The highest BCUT2D eigenvalue weighted by Crippen LogP contribution is 2.22. The summed E-state index contributed by atoms with van der Waals surface area (Å²) in [5, 5.41) is 1.07. The van der Waals surface area contributed by atoms with E-state index in [1.54, 1.807) is 6.20 Å². The standard InChI is InChI=1S/C24H26N3O3/c1-2-8-22(9-3-1)27-13-12-26(20-27)14-15-28-16-17-29-18-19-30-23-10-4-6-21-7-5-11-25-24(21)23/h1-13,20H,14-19H2/q+1. The number of imidazole rings is 1. The second-order valence-corrected chi connectivity index (χ2v) is 6.80. The molecule has 30 heavy (non-hydrogen) atoms. The van der Waals surface area contributed by atoms with E-state index in [0.29, 0.717) is 33.0 Å². The number of aromatic nitrogens is 3. The molecule has 0 amide bonds. The van der Waals surface area contributed by atoms with Gasteiger partial charge in [-0.05, 0) is 24.3 Å². The molecule has 0 unspecified atom stereocenters. The fourth-order valence-electron chi connectivity index (χ4n) is 3.17. The third kappa shape index (κ3) is 5.43. The van der Waals surface area contributed by atoms with Crippen LogP contribution in [0.2, 0.25) is 0 Å². The van der Waals surface area contributed by atoms with E-state index in [9.17, 15) is 0 Å². The van der Waals surface area contributed by atoms with E-state index in [4.69, 9.17) is 14.2 Å². The lowest BCUT2D eigenvalue weighted by molar-refractivity contribution is -0.697. The Morgan fingerprint density at radius 2 is 1.60 bits per heavy atom. The van der Waals surface area contributed by atoms with Crippen LogP contribution in [0.5, 0.6) is 5.75 Å². The zero-order valence-electron chi connectivity index (χ0n) is 16.9. The van der Waals surface area contributed by atoms with E-state index in [2.05, 4.69) is 32.6 Å². The molecule has 0 saturated heterocycles. The number of para-hydroxylation sites is 2. The minimum absolute atomic E-state index is 0.485. The molecule has 0 spiro atoms. The summed E-state index contributed by atoms with van der Waals surface area (Å²) in [7, 11) is 0. The van der Waals surface area contributed by atoms with Gasteiger partial charge in [0, 0.05) is 11.6 Å². The SMILES string of the molecule is c1ccc(-n2cc[n+](CCOCCOCCOc3cccc4cccnc34)c2)cc1. The topological polar surface area (TPSA) is 49.4 Å². The molecule has 0 fully saturated rings. The van der Waals surface area contributed by atoms with Crippen LogP contribution in [0.15, 0.2) is 85.6 Å². The van der Waals surface area contributed by atoms with Gasteiger partial charge >= 0.3 is 0 Å². The molecule has 0 saturated carbocycles. The van der Waals surface area contributed by atoms with E-state index in [0.717, 1.165) is 28.9 Å². The Kier molecular flexibility index (Phi) is 7.04. The maximum absolute atomic E-state index is 5.81. The molecule has 2 aromatic carbocycles. The summed E-state index contributed by atoms with van der Waals surface area (Å²) in [6, 6.07) is 20.1. The molecule has 0 aliphatic rings. The highest BCUT2D eigenvalue weighted by Gasteiger charge is 2.06. The summed E-state index contributed by atoms with van der Waals surface area (Å²) in [5.41, 5.74) is 2.02. The molecular weight excluding hydrogens is 378 g/mol. The van der Waals surface area contributed by atoms with Crippen LogP contribution < -0.4 is 9.30 Å². The fourth-order valence-corrected chi connectivity index (χ4v) is 3.17. The molecule has 0 bridgehead atoms. The molecule has 2 heterocycles. The Labute approximate surface area is 176 Å². The lowest BCUT2D eigenvalue weighted by atomic mass is 10.2. The molecule has 0 N–H and O–H groups in total. The van der Waals surface area contributed by atoms with Gasteiger partial charge in [0.2, 0.25) is 6.33 Å². The van der Waals surface area contributed by atoms with Crippen LogP contribution in [0.3, 0.4) is 0 Å². The smallest absolute Gasteiger partial charge is 0.249 e. The van der Waals surface area contributed by atoms with E-state index < -0.39 is 0 Å². The van der Waals surface area contributed by atoms with Gasteiger partial charge in [-0.1, -0.05) is 36.4 Å². The Bertz CT molecular complexity index is 1040. The first-order valence-electron chi connectivity index (χ1n) is 10.1. The van der Waals surface area contributed by atoms with Crippen LogP contribution in [-0.2, 0) is 16.0 Å². The van der Waals surface area contributed by atoms with E-state index in [-0.39, 0.29) is 0 Å². The normalized spacial score (nSPS) is 11.1. The monoisotopic (exact) mass is 404 g/mol. The van der Waals surface area contributed by atoms with Crippen molar-refractivity contribution < 1.29 is 18.8 Å². The molecular formula is C24H26N3O3+. The van der Waals surface area contributed by atoms with Crippen molar-refractivity contribution in [3.63, 3.8) is 0 Å². The Morgan fingerprint density at radius 1 is 0.800 bits per heavy atom. The predicted molar refractivity (Wildman–Crippen MR) is 115 cm³/mol. The van der Waals surface area contributed by atoms with E-state index in [1.807, 2.05) is 60.9 Å². The van der Waals surface area contributed by atoms with Crippen LogP contribution in [0.1, 0.15) is 0 Å². The molecule has 4 aromatic rings. The largest absolute Gasteiger partial charge is 0.489 e. The zero-order valence-corrected chi connectivity index (χ0v) is 16.9. The van der Waals surface area contributed by atoms with Crippen molar-refractivity contribution in [3.8, 4) is 11.4 Å². The Balaban J connectivity index is 1.08. The average Bonchev–Trinajstić information content (AvgIpc) is 3.28. The van der Waals surface area contributed by atoms with Gasteiger partial charge in [0.25, 0.3) is 0 Å². The zero-order chi connectivity index (χ0) is 20.4. The lowest BCUT2D eigenvalue weighted by Gasteiger charge is -2.09. The maximum atomic E-state index is 5.81. The molecule has 6 nitrogen and oxygen atoms in total. The van der Waals surface area contributed by atoms with Gasteiger partial charge in [-0.2, -0.15) is 0 Å². The van der Waals surface area contributed by atoms with Gasteiger partial charge in [-0.25, -0.2) is 9.13 Å². The fraction of sp³-hybridized carbons (Fsp3) is 0.250. The van der Waals surface area contributed by atoms with E-state index in [1.165, 1.54) is 0 Å². The highest BCUT2D eigenvalue weighted by atomic mass is 16.5. The first kappa shape index (κ1) is 20.1. The van der Waals surface area contributed by atoms with Crippen molar-refractivity contribution in [1.82, 2.24) is 9.55 Å². The number of rotatable bonds is 11. The number of hydrogen-bond acceptors (Lipinski definition) is 4. The summed E-state index contributed by atoms with van der Waals surface area (Å²) in [4.78, 5) is 4.38. The van der Waals surface area contributed by atoms with Crippen molar-refractivity contribution in [3.05, 3.63) is 85.6 Å². The number of hydrogen-bond donors (Lipinski definition) is 0. The van der Waals surface area contributed by atoms with Gasteiger partial charge in [0.1, 0.15) is 42.5 Å². The number of ether oxygens (including phenoxy) is 3. The van der Waals surface area contributed by atoms with Crippen LogP contribution in [0, 0.1) is 0 Å². The van der Waals surface area contributed by atoms with Crippen molar-refractivity contribution >= 4 is 10.9 Å². The number of pyridine rings is 1. The molecule has 0 aliphatic carbocycles. The first-order valence-corrected chi connectivity index (χ1v) is 10.1. The molecule has 154 valence electrons. The van der Waals surface area contributed by atoms with E-state index >= 15 is 0 Å². The summed E-state index contributed by atoms with van der Waals surface area (Å²) in [5.74, 6) is 0.785. The van der Waals surface area contributed by atoms with Gasteiger partial charge < -0.3 is 14.2 Å².